The molecule has 39 heavy (non-hydrogen) atoms. The molecule has 0 saturated carbocycles. The Balaban J connectivity index is 1.46. The van der Waals surface area contributed by atoms with Crippen molar-refractivity contribution in [1.29, 1.82) is 0 Å². The monoisotopic (exact) mass is 561 g/mol. The first-order valence-electron chi connectivity index (χ1n) is 14.6. The lowest BCUT2D eigenvalue weighted by Gasteiger charge is -2.37. The lowest BCUT2D eigenvalue weighted by atomic mass is 9.74. The summed E-state index contributed by atoms with van der Waals surface area (Å²) in [7, 11) is 0. The molecule has 3 fully saturated rings. The number of likely N-dealkylation sites (tertiary alicyclic amines) is 1. The first-order chi connectivity index (χ1) is 18.9. The largest absolute Gasteiger partial charge is 0.465 e. The minimum absolute atomic E-state index is 0.0283. The van der Waals surface area contributed by atoms with Crippen LogP contribution in [0.5, 0.6) is 0 Å². The number of aliphatic hydroxyl groups is 1. The maximum Gasteiger partial charge on any atom is 0.311 e. The van der Waals surface area contributed by atoms with Crippen molar-refractivity contribution in [3.05, 3.63) is 24.3 Å². The number of amides is 2. The van der Waals surface area contributed by atoms with E-state index in [2.05, 4.69) is 23.1 Å². The highest BCUT2D eigenvalue weighted by molar-refractivity contribution is 8.02. The second kappa shape index (κ2) is 12.3. The van der Waals surface area contributed by atoms with Crippen LogP contribution in [0.2, 0.25) is 0 Å². The van der Waals surface area contributed by atoms with Crippen LogP contribution < -0.4 is 0 Å². The number of morpholine rings is 1. The highest BCUT2D eigenvalue weighted by Gasteiger charge is 2.73. The van der Waals surface area contributed by atoms with Gasteiger partial charge in [-0.15, -0.1) is 11.8 Å². The number of carbonyl (C=O) groups is 3. The van der Waals surface area contributed by atoms with E-state index in [4.69, 9.17) is 14.6 Å². The van der Waals surface area contributed by atoms with Crippen molar-refractivity contribution in [2.45, 2.75) is 61.0 Å². The topological polar surface area (TPSA) is 99.6 Å². The van der Waals surface area contributed by atoms with E-state index in [1.54, 1.807) is 16.7 Å². The Morgan fingerprint density at radius 3 is 2.54 bits per heavy atom. The van der Waals surface area contributed by atoms with Crippen molar-refractivity contribution < 1.29 is 29.0 Å². The molecule has 10 heteroatoms. The third-order valence-electron chi connectivity index (χ3n) is 8.93. The maximum atomic E-state index is 14.4. The van der Waals surface area contributed by atoms with Crippen LogP contribution in [0.3, 0.4) is 0 Å². The van der Waals surface area contributed by atoms with Gasteiger partial charge >= 0.3 is 5.97 Å². The Bertz CT molecular complexity index is 984. The summed E-state index contributed by atoms with van der Waals surface area (Å²) in [6.45, 7) is 7.98. The molecule has 5 aliphatic heterocycles. The average Bonchev–Trinajstić information content (AvgIpc) is 3.28. The number of unbranched alkanes of at least 4 members (excludes halogenated alkanes) is 3. The van der Waals surface area contributed by atoms with Crippen LogP contribution in [0.25, 0.3) is 0 Å². The number of fused-ring (bicyclic) bond motifs is 2. The third-order valence-corrected chi connectivity index (χ3v) is 10.7. The van der Waals surface area contributed by atoms with Crippen molar-refractivity contribution >= 4 is 29.5 Å². The Morgan fingerprint density at radius 2 is 1.74 bits per heavy atom. The predicted octanol–water partition coefficient (Wildman–Crippen LogP) is 1.85. The lowest BCUT2D eigenvalue weighted by Crippen LogP contribution is -2.54. The summed E-state index contributed by atoms with van der Waals surface area (Å²) in [6.07, 6.45) is 13.1. The van der Waals surface area contributed by atoms with Crippen molar-refractivity contribution in [2.75, 3.05) is 65.7 Å². The number of esters is 1. The Hall–Kier alpha value is -1.88. The van der Waals surface area contributed by atoms with Crippen LogP contribution in [0.4, 0.5) is 0 Å². The summed E-state index contributed by atoms with van der Waals surface area (Å²) in [4.78, 5) is 48.2. The van der Waals surface area contributed by atoms with Gasteiger partial charge in [0.05, 0.1) is 36.4 Å². The molecule has 0 radical (unpaired) electrons. The quantitative estimate of drug-likeness (QED) is 0.259. The molecule has 3 saturated heterocycles. The summed E-state index contributed by atoms with van der Waals surface area (Å²) in [6, 6.07) is -0.658. The van der Waals surface area contributed by atoms with E-state index in [1.807, 2.05) is 17.9 Å². The summed E-state index contributed by atoms with van der Waals surface area (Å²) < 4.78 is 9.71. The first kappa shape index (κ1) is 28.6. The molecule has 0 aromatic rings. The molecule has 9 nitrogen and oxygen atoms in total. The minimum Gasteiger partial charge on any atom is -0.465 e. The fraction of sp³-hybridized carbons (Fsp3) is 0.759. The van der Waals surface area contributed by atoms with Crippen LogP contribution >= 0.6 is 11.8 Å². The number of nitrogens with zero attached hydrogens (tertiary/aromatic N) is 3. The van der Waals surface area contributed by atoms with Crippen molar-refractivity contribution in [1.82, 2.24) is 14.7 Å². The number of hydrogen-bond acceptors (Lipinski definition) is 8. The van der Waals surface area contributed by atoms with E-state index in [9.17, 15) is 14.4 Å². The van der Waals surface area contributed by atoms with Gasteiger partial charge in [0.15, 0.2) is 0 Å². The van der Waals surface area contributed by atoms with Gasteiger partial charge in [-0.25, -0.2) is 0 Å². The lowest BCUT2D eigenvalue weighted by molar-refractivity contribution is -0.154. The number of rotatable bonds is 9. The van der Waals surface area contributed by atoms with Crippen LogP contribution in [0, 0.1) is 11.8 Å². The van der Waals surface area contributed by atoms with Gasteiger partial charge < -0.3 is 24.4 Å². The van der Waals surface area contributed by atoms with Crippen molar-refractivity contribution in [2.24, 2.45) is 11.8 Å². The first-order valence-corrected chi connectivity index (χ1v) is 15.5. The Morgan fingerprint density at radius 1 is 0.949 bits per heavy atom. The minimum atomic E-state index is -0.824. The van der Waals surface area contributed by atoms with Crippen LogP contribution in [-0.4, -0.2) is 119 Å². The van der Waals surface area contributed by atoms with E-state index in [-0.39, 0.29) is 24.4 Å². The Labute approximate surface area is 235 Å². The molecular weight excluding hydrogens is 518 g/mol. The van der Waals surface area contributed by atoms with E-state index >= 15 is 0 Å². The number of ether oxygens (including phenoxy) is 2. The summed E-state index contributed by atoms with van der Waals surface area (Å²) in [5.74, 6) is -1.77. The van der Waals surface area contributed by atoms with Gasteiger partial charge in [-0.05, 0) is 32.6 Å². The second-order valence-corrected chi connectivity index (χ2v) is 13.3. The maximum absolute atomic E-state index is 14.4. The molecule has 2 amide bonds. The average molecular weight is 562 g/mol. The van der Waals surface area contributed by atoms with Crippen LogP contribution in [-0.2, 0) is 23.9 Å². The molecule has 0 aromatic carbocycles. The predicted molar refractivity (Wildman–Crippen MR) is 149 cm³/mol. The van der Waals surface area contributed by atoms with Crippen LogP contribution in [0.15, 0.2) is 24.3 Å². The SMILES string of the molecule is C[C@@]12/C=C\CCCOC(=O)[C@@H]1[C@H]1C(=O)N(CCCCCCO)C3C(=O)N(CCN4CCOCC4)CC=C[C@@]31S2. The normalized spacial score (nSPS) is 35.9. The van der Waals surface area contributed by atoms with E-state index in [0.29, 0.717) is 39.5 Å². The van der Waals surface area contributed by atoms with Gasteiger partial charge in [-0.1, -0.05) is 37.1 Å². The van der Waals surface area contributed by atoms with Gasteiger partial charge in [-0.2, -0.15) is 0 Å². The number of aliphatic hydroxyl groups excluding tert-OH is 1. The third kappa shape index (κ3) is 5.54. The van der Waals surface area contributed by atoms with Gasteiger partial charge in [-0.3, -0.25) is 19.3 Å². The highest BCUT2D eigenvalue weighted by atomic mass is 32.2. The number of carbonyl (C=O) groups excluding carboxylic acids is 3. The molecule has 0 aliphatic carbocycles. The zero-order valence-electron chi connectivity index (χ0n) is 23.1. The van der Waals surface area contributed by atoms with Crippen molar-refractivity contribution in [3.63, 3.8) is 0 Å². The fourth-order valence-corrected chi connectivity index (χ4v) is 9.11. The number of thioether (sulfide) groups is 1. The fourth-order valence-electron chi connectivity index (χ4n) is 6.96. The molecule has 5 rings (SSSR count). The molecule has 0 aromatic heterocycles. The molecule has 216 valence electrons. The molecule has 5 aliphatic rings. The second-order valence-electron chi connectivity index (χ2n) is 11.5. The van der Waals surface area contributed by atoms with E-state index < -0.39 is 27.4 Å². The summed E-state index contributed by atoms with van der Waals surface area (Å²) >= 11 is 1.61. The molecule has 1 N–H and O–H groups in total. The van der Waals surface area contributed by atoms with Gasteiger partial charge in [0, 0.05) is 50.6 Å². The van der Waals surface area contributed by atoms with E-state index in [1.165, 1.54) is 0 Å². The molecule has 0 bridgehead atoms. The molecule has 5 heterocycles. The highest BCUT2D eigenvalue weighted by Crippen LogP contribution is 2.65. The van der Waals surface area contributed by atoms with Gasteiger partial charge in [0.2, 0.25) is 11.8 Å². The smallest absolute Gasteiger partial charge is 0.311 e. The Kier molecular flexibility index (Phi) is 9.05. The summed E-state index contributed by atoms with van der Waals surface area (Å²) in [5.41, 5.74) is 0. The number of hydrogen-bond donors (Lipinski definition) is 1. The zero-order chi connectivity index (χ0) is 27.5. The van der Waals surface area contributed by atoms with Crippen molar-refractivity contribution in [3.8, 4) is 0 Å². The molecule has 1 unspecified atom stereocenters. The van der Waals surface area contributed by atoms with E-state index in [0.717, 1.165) is 58.2 Å². The molecular formula is C29H43N3O6S. The molecule has 1 spiro atoms. The molecule has 5 atom stereocenters. The van der Waals surface area contributed by atoms with Gasteiger partial charge in [0.1, 0.15) is 6.04 Å². The zero-order valence-corrected chi connectivity index (χ0v) is 23.9. The standard InChI is InChI=1S/C29H43N3O6S/c1-28-10-5-4-8-19-38-27(36)23(28)22-25(34)32(13-6-2-3-7-18-33)24-26(35)31(12-9-11-29(22,24)39-28)15-14-30-16-20-37-21-17-30/h5,9-11,22-24,33H,2-4,6-8,12-21H2,1H3/b10-5-/t22-,23-,24?,28+,29-/m0/s1. The van der Waals surface area contributed by atoms with Gasteiger partial charge in [0.25, 0.3) is 0 Å². The summed E-state index contributed by atoms with van der Waals surface area (Å²) in [5, 5.41) is 9.16. The number of cyclic esters (lactones) is 1. The van der Waals surface area contributed by atoms with Crippen LogP contribution in [0.1, 0.15) is 45.4 Å². The number of allylic oxidation sites excluding steroid dienone is 1.